The summed E-state index contributed by atoms with van der Waals surface area (Å²) in [6.07, 6.45) is 5.30. The van der Waals surface area contributed by atoms with E-state index in [4.69, 9.17) is 11.0 Å². The Morgan fingerprint density at radius 2 is 2.09 bits per heavy atom. The molecule has 0 atom stereocenters. The van der Waals surface area contributed by atoms with Crippen LogP contribution in [-0.2, 0) is 0 Å². The van der Waals surface area contributed by atoms with E-state index in [1.54, 1.807) is 0 Å². The minimum atomic E-state index is -0.494. The number of nitrogens with two attached hydrogens (primary N) is 1. The first-order valence-electron chi connectivity index (χ1n) is 4.40. The lowest BCUT2D eigenvalue weighted by Crippen LogP contribution is -2.41. The molecule has 0 aromatic heterocycles. The Kier molecular flexibility index (Phi) is 2.51. The van der Waals surface area contributed by atoms with Gasteiger partial charge in [0.25, 0.3) is 0 Å². The lowest BCUT2D eigenvalue weighted by Gasteiger charge is -2.31. The first-order valence-corrected chi connectivity index (χ1v) is 4.40. The highest BCUT2D eigenvalue weighted by Gasteiger charge is 2.30. The maximum absolute atomic E-state index is 8.73. The Hall–Kier alpha value is -0.550. The SMILES string of the molecule is CC[C@H]1CC[C@@](N)(C#N)CC1. The molecule has 62 valence electrons. The predicted molar refractivity (Wildman–Crippen MR) is 44.8 cm³/mol. The van der Waals surface area contributed by atoms with Gasteiger partial charge in [-0.05, 0) is 31.6 Å². The lowest BCUT2D eigenvalue weighted by molar-refractivity contribution is 0.275. The lowest BCUT2D eigenvalue weighted by atomic mass is 9.77. The first-order chi connectivity index (χ1) is 5.20. The van der Waals surface area contributed by atoms with Gasteiger partial charge in [0.05, 0.1) is 6.07 Å². The van der Waals surface area contributed by atoms with E-state index in [1.807, 2.05) is 0 Å². The van der Waals surface area contributed by atoms with Gasteiger partial charge in [0.1, 0.15) is 5.54 Å². The smallest absolute Gasteiger partial charge is 0.104 e. The summed E-state index contributed by atoms with van der Waals surface area (Å²) >= 11 is 0. The fraction of sp³-hybridized carbons (Fsp3) is 0.889. The first kappa shape index (κ1) is 8.55. The monoisotopic (exact) mass is 152 g/mol. The van der Waals surface area contributed by atoms with E-state index >= 15 is 0 Å². The van der Waals surface area contributed by atoms with Crippen LogP contribution < -0.4 is 5.73 Å². The minimum absolute atomic E-state index is 0.494. The number of rotatable bonds is 1. The van der Waals surface area contributed by atoms with Gasteiger partial charge in [-0.2, -0.15) is 5.26 Å². The zero-order chi connectivity index (χ0) is 8.32. The summed E-state index contributed by atoms with van der Waals surface area (Å²) in [4.78, 5) is 0. The largest absolute Gasteiger partial charge is 0.313 e. The summed E-state index contributed by atoms with van der Waals surface area (Å²) in [5.74, 6) is 0.819. The van der Waals surface area contributed by atoms with Gasteiger partial charge in [-0.25, -0.2) is 0 Å². The van der Waals surface area contributed by atoms with Crippen molar-refractivity contribution in [3.63, 3.8) is 0 Å². The van der Waals surface area contributed by atoms with Crippen LogP contribution in [0.3, 0.4) is 0 Å². The van der Waals surface area contributed by atoms with Crippen molar-refractivity contribution in [1.29, 1.82) is 5.26 Å². The number of hydrogen-bond acceptors (Lipinski definition) is 2. The molecular formula is C9H16N2. The highest BCUT2D eigenvalue weighted by atomic mass is 14.7. The molecule has 2 nitrogen and oxygen atoms in total. The van der Waals surface area contributed by atoms with Crippen molar-refractivity contribution in [2.75, 3.05) is 0 Å². The van der Waals surface area contributed by atoms with Crippen molar-refractivity contribution in [3.05, 3.63) is 0 Å². The van der Waals surface area contributed by atoms with Gasteiger partial charge < -0.3 is 5.73 Å². The fourth-order valence-electron chi connectivity index (χ4n) is 1.71. The summed E-state index contributed by atoms with van der Waals surface area (Å²) in [5, 5.41) is 8.73. The molecule has 2 N–H and O–H groups in total. The number of nitrogens with zero attached hydrogens (tertiary/aromatic N) is 1. The maximum atomic E-state index is 8.73. The van der Waals surface area contributed by atoms with E-state index in [9.17, 15) is 0 Å². The van der Waals surface area contributed by atoms with Crippen LogP contribution >= 0.6 is 0 Å². The van der Waals surface area contributed by atoms with E-state index in [0.717, 1.165) is 31.6 Å². The van der Waals surface area contributed by atoms with Crippen LogP contribution in [0.1, 0.15) is 39.0 Å². The molecule has 1 fully saturated rings. The van der Waals surface area contributed by atoms with E-state index in [-0.39, 0.29) is 0 Å². The predicted octanol–water partition coefficient (Wildman–Crippen LogP) is 1.81. The third-order valence-corrected chi connectivity index (χ3v) is 2.80. The molecule has 1 rings (SSSR count). The van der Waals surface area contributed by atoms with Gasteiger partial charge in [-0.3, -0.25) is 0 Å². The van der Waals surface area contributed by atoms with Gasteiger partial charge in [0, 0.05) is 0 Å². The molecule has 2 heteroatoms. The summed E-state index contributed by atoms with van der Waals surface area (Å²) in [6.45, 7) is 2.21. The third-order valence-electron chi connectivity index (χ3n) is 2.80. The maximum Gasteiger partial charge on any atom is 0.104 e. The van der Waals surface area contributed by atoms with Crippen LogP contribution in [0.15, 0.2) is 0 Å². The van der Waals surface area contributed by atoms with E-state index in [2.05, 4.69) is 13.0 Å². The molecule has 0 unspecified atom stereocenters. The zero-order valence-corrected chi connectivity index (χ0v) is 7.14. The normalized spacial score (nSPS) is 38.1. The van der Waals surface area contributed by atoms with Crippen molar-refractivity contribution in [2.24, 2.45) is 11.7 Å². The van der Waals surface area contributed by atoms with Crippen molar-refractivity contribution in [1.82, 2.24) is 0 Å². The molecule has 0 spiro atoms. The molecular weight excluding hydrogens is 136 g/mol. The van der Waals surface area contributed by atoms with Crippen LogP contribution in [0, 0.1) is 17.2 Å². The highest BCUT2D eigenvalue weighted by Crippen LogP contribution is 2.31. The van der Waals surface area contributed by atoms with Crippen molar-refractivity contribution in [2.45, 2.75) is 44.6 Å². The van der Waals surface area contributed by atoms with Crippen LogP contribution in [0.2, 0.25) is 0 Å². The molecule has 1 aliphatic rings. The van der Waals surface area contributed by atoms with E-state index in [1.165, 1.54) is 6.42 Å². The van der Waals surface area contributed by atoms with Gasteiger partial charge in [0.15, 0.2) is 0 Å². The summed E-state index contributed by atoms with van der Waals surface area (Å²) in [6, 6.07) is 2.20. The Morgan fingerprint density at radius 3 is 2.45 bits per heavy atom. The zero-order valence-electron chi connectivity index (χ0n) is 7.14. The minimum Gasteiger partial charge on any atom is -0.313 e. The van der Waals surface area contributed by atoms with Crippen molar-refractivity contribution in [3.8, 4) is 6.07 Å². The fourth-order valence-corrected chi connectivity index (χ4v) is 1.71. The Balaban J connectivity index is 2.43. The van der Waals surface area contributed by atoms with Crippen LogP contribution in [0.25, 0.3) is 0 Å². The summed E-state index contributed by atoms with van der Waals surface area (Å²) in [7, 11) is 0. The van der Waals surface area contributed by atoms with Crippen molar-refractivity contribution < 1.29 is 0 Å². The van der Waals surface area contributed by atoms with E-state index in [0.29, 0.717) is 0 Å². The molecule has 0 heterocycles. The highest BCUT2D eigenvalue weighted by molar-refractivity contribution is 5.06. The van der Waals surface area contributed by atoms with Gasteiger partial charge in [-0.15, -0.1) is 0 Å². The summed E-state index contributed by atoms with van der Waals surface area (Å²) in [5.41, 5.74) is 5.32. The molecule has 0 bridgehead atoms. The van der Waals surface area contributed by atoms with Gasteiger partial charge in [-0.1, -0.05) is 13.3 Å². The second-order valence-electron chi connectivity index (χ2n) is 3.62. The standard InChI is InChI=1S/C9H16N2/c1-2-8-3-5-9(11,7-10)6-4-8/h8H,2-6,11H2,1H3/t8-,9-. The average molecular weight is 152 g/mol. The molecule has 1 aliphatic carbocycles. The molecule has 0 radical (unpaired) electrons. The number of hydrogen-bond donors (Lipinski definition) is 1. The quantitative estimate of drug-likeness (QED) is 0.623. The molecule has 11 heavy (non-hydrogen) atoms. The average Bonchev–Trinajstić information content (AvgIpc) is 2.06. The molecule has 0 aromatic rings. The van der Waals surface area contributed by atoms with E-state index < -0.39 is 5.54 Å². The Morgan fingerprint density at radius 1 is 1.55 bits per heavy atom. The Labute approximate surface area is 68.4 Å². The topological polar surface area (TPSA) is 49.8 Å². The van der Waals surface area contributed by atoms with Crippen LogP contribution in [0.5, 0.6) is 0 Å². The third kappa shape index (κ3) is 1.94. The second-order valence-corrected chi connectivity index (χ2v) is 3.62. The molecule has 0 aliphatic heterocycles. The number of nitriles is 1. The molecule has 0 aromatic carbocycles. The molecule has 0 amide bonds. The van der Waals surface area contributed by atoms with Crippen LogP contribution in [-0.4, -0.2) is 5.54 Å². The Bertz CT molecular complexity index is 161. The summed E-state index contributed by atoms with van der Waals surface area (Å²) < 4.78 is 0. The molecule has 0 saturated heterocycles. The molecule has 1 saturated carbocycles. The van der Waals surface area contributed by atoms with Crippen LogP contribution in [0.4, 0.5) is 0 Å². The van der Waals surface area contributed by atoms with Crippen molar-refractivity contribution >= 4 is 0 Å². The second kappa shape index (κ2) is 3.23. The van der Waals surface area contributed by atoms with Gasteiger partial charge in [0.2, 0.25) is 0 Å². The van der Waals surface area contributed by atoms with Gasteiger partial charge >= 0.3 is 0 Å².